The maximum absolute atomic E-state index is 13.1. The summed E-state index contributed by atoms with van der Waals surface area (Å²) in [5.41, 5.74) is -0.103. The van der Waals surface area contributed by atoms with Gasteiger partial charge in [0, 0.05) is 12.1 Å². The summed E-state index contributed by atoms with van der Waals surface area (Å²) < 4.78 is 98.6. The highest BCUT2D eigenvalue weighted by atomic mass is 19.4. The fraction of sp³-hybridized carbons (Fsp3) is 0.650. The molecule has 1 N–H and O–H groups in total. The first-order valence-electron chi connectivity index (χ1n) is 19.4. The van der Waals surface area contributed by atoms with Crippen molar-refractivity contribution >= 4 is 23.3 Å². The minimum Gasteiger partial charge on any atom is -0.463 e. The van der Waals surface area contributed by atoms with Crippen LogP contribution in [0, 0.1) is 0 Å². The number of carbonyl (C=O) groups excluding carboxylic acids is 2. The molecule has 0 atom stereocenters. The Hall–Kier alpha value is -3.39. The van der Waals surface area contributed by atoms with E-state index >= 15 is 0 Å². The zero-order valence-corrected chi connectivity index (χ0v) is 33.0. The van der Waals surface area contributed by atoms with Gasteiger partial charge in [-0.3, -0.25) is 4.79 Å². The fourth-order valence-corrected chi connectivity index (χ4v) is 4.64. The van der Waals surface area contributed by atoms with Gasteiger partial charge < -0.3 is 57.4 Å². The number of nitrogens with one attached hydrogen (secondary N) is 1. The SMILES string of the molecule is CCCCCC(=O)OCCOCCOCCOCCOCCOCCOCCOCCOCCOCCOC(=O)c1ccccc1Nc1cccc(C(F)(F)F)c1. The van der Waals surface area contributed by atoms with E-state index in [4.69, 9.17) is 52.1 Å². The Kier molecular flexibility index (Phi) is 29.3. The van der Waals surface area contributed by atoms with Crippen molar-refractivity contribution in [3.05, 3.63) is 59.7 Å². The van der Waals surface area contributed by atoms with Crippen molar-refractivity contribution in [2.24, 2.45) is 0 Å². The maximum Gasteiger partial charge on any atom is 0.416 e. The number of esters is 2. The molecule has 0 spiro atoms. The molecule has 0 amide bonds. The first kappa shape index (κ1) is 49.8. The van der Waals surface area contributed by atoms with Gasteiger partial charge in [-0.15, -0.1) is 0 Å². The summed E-state index contributed by atoms with van der Waals surface area (Å²) >= 11 is 0. The predicted octanol–water partition coefficient (Wildman–Crippen LogP) is 5.88. The Labute approximate surface area is 333 Å². The molecule has 0 aliphatic rings. The van der Waals surface area contributed by atoms with E-state index in [1.165, 1.54) is 18.2 Å². The van der Waals surface area contributed by atoms with Crippen LogP contribution >= 0.6 is 0 Å². The summed E-state index contributed by atoms with van der Waals surface area (Å²) in [6.07, 6.45) is -1.05. The Morgan fingerprint density at radius 1 is 0.526 bits per heavy atom. The lowest BCUT2D eigenvalue weighted by Crippen LogP contribution is -2.16. The lowest BCUT2D eigenvalue weighted by molar-refractivity contribution is -0.145. The molecule has 0 heterocycles. The van der Waals surface area contributed by atoms with Gasteiger partial charge in [-0.25, -0.2) is 4.79 Å². The first-order chi connectivity index (χ1) is 27.8. The number of anilines is 2. The largest absolute Gasteiger partial charge is 0.463 e. The highest BCUT2D eigenvalue weighted by Gasteiger charge is 2.30. The third kappa shape index (κ3) is 27.0. The zero-order valence-electron chi connectivity index (χ0n) is 33.0. The van der Waals surface area contributed by atoms with E-state index in [2.05, 4.69) is 12.2 Å². The van der Waals surface area contributed by atoms with Crippen LogP contribution in [0.2, 0.25) is 0 Å². The average Bonchev–Trinajstić information content (AvgIpc) is 3.20. The minimum absolute atomic E-state index is 0.00635. The Balaban J connectivity index is 1.27. The molecule has 0 saturated heterocycles. The monoisotopic (exact) mass is 819 g/mol. The van der Waals surface area contributed by atoms with Crippen LogP contribution in [-0.4, -0.2) is 144 Å². The van der Waals surface area contributed by atoms with E-state index in [0.29, 0.717) is 124 Å². The molecular formula is C40H60F3NO13. The molecule has 0 aliphatic carbocycles. The van der Waals surface area contributed by atoms with Crippen LogP contribution in [0.5, 0.6) is 0 Å². The van der Waals surface area contributed by atoms with E-state index in [0.717, 1.165) is 31.4 Å². The number of hydrogen-bond acceptors (Lipinski definition) is 14. The van der Waals surface area contributed by atoms with Crippen LogP contribution in [0.1, 0.15) is 48.5 Å². The molecule has 2 aromatic carbocycles. The van der Waals surface area contributed by atoms with Gasteiger partial charge in [0.15, 0.2) is 0 Å². The number of benzene rings is 2. The molecule has 0 aliphatic heterocycles. The molecule has 324 valence electrons. The number of alkyl halides is 3. The van der Waals surface area contributed by atoms with E-state index in [-0.39, 0.29) is 37.0 Å². The molecule has 0 radical (unpaired) electrons. The highest BCUT2D eigenvalue weighted by molar-refractivity contribution is 5.96. The molecule has 0 unspecified atom stereocenters. The van der Waals surface area contributed by atoms with Crippen molar-refractivity contribution in [1.82, 2.24) is 0 Å². The highest BCUT2D eigenvalue weighted by Crippen LogP contribution is 2.32. The molecule has 57 heavy (non-hydrogen) atoms. The summed E-state index contributed by atoms with van der Waals surface area (Å²) in [5.74, 6) is -0.808. The fourth-order valence-electron chi connectivity index (χ4n) is 4.64. The zero-order chi connectivity index (χ0) is 41.1. The van der Waals surface area contributed by atoms with E-state index in [1.54, 1.807) is 18.2 Å². The molecule has 0 fully saturated rings. The maximum atomic E-state index is 13.1. The molecular weight excluding hydrogens is 759 g/mol. The van der Waals surface area contributed by atoms with Gasteiger partial charge in [-0.05, 0) is 36.8 Å². The third-order valence-electron chi connectivity index (χ3n) is 7.53. The number of ether oxygens (including phenoxy) is 11. The van der Waals surface area contributed by atoms with Gasteiger partial charge in [0.2, 0.25) is 0 Å². The second kappa shape index (κ2) is 33.6. The van der Waals surface area contributed by atoms with Crippen molar-refractivity contribution in [2.45, 2.75) is 38.8 Å². The smallest absolute Gasteiger partial charge is 0.416 e. The third-order valence-corrected chi connectivity index (χ3v) is 7.53. The van der Waals surface area contributed by atoms with Crippen LogP contribution in [-0.2, 0) is 63.1 Å². The van der Waals surface area contributed by atoms with Crippen molar-refractivity contribution in [3.63, 3.8) is 0 Å². The summed E-state index contributed by atoms with van der Waals surface area (Å²) in [7, 11) is 0. The summed E-state index contributed by atoms with van der Waals surface area (Å²) in [4.78, 5) is 24.1. The normalized spacial score (nSPS) is 11.5. The Bertz CT molecular complexity index is 1310. The van der Waals surface area contributed by atoms with Gasteiger partial charge in [0.05, 0.1) is 136 Å². The molecule has 17 heteroatoms. The minimum atomic E-state index is -4.48. The topological polar surface area (TPSA) is 148 Å². The van der Waals surface area contributed by atoms with Crippen LogP contribution in [0.4, 0.5) is 24.5 Å². The molecule has 0 aromatic heterocycles. The van der Waals surface area contributed by atoms with Gasteiger partial charge in [0.1, 0.15) is 13.2 Å². The standard InChI is InChI=1S/C40H60F3NO13/c1-2-3-4-12-38(45)56-31-29-54-27-25-52-23-21-50-19-17-48-15-13-47-14-16-49-18-20-51-22-24-53-26-28-55-30-32-57-39(46)36-10-5-6-11-37(36)44-35-9-7-8-34(33-35)40(41,42)43/h5-11,33,44H,2-4,12-32H2,1H3. The molecule has 14 nitrogen and oxygen atoms in total. The second-order valence-electron chi connectivity index (χ2n) is 12.1. The van der Waals surface area contributed by atoms with Gasteiger partial charge >= 0.3 is 18.1 Å². The van der Waals surface area contributed by atoms with Crippen molar-refractivity contribution < 1.29 is 74.9 Å². The van der Waals surface area contributed by atoms with Crippen molar-refractivity contribution in [1.29, 1.82) is 0 Å². The van der Waals surface area contributed by atoms with Crippen LogP contribution in [0.15, 0.2) is 48.5 Å². The Morgan fingerprint density at radius 3 is 1.39 bits per heavy atom. The molecule has 0 bridgehead atoms. The van der Waals surface area contributed by atoms with E-state index < -0.39 is 17.7 Å². The number of rotatable bonds is 37. The lowest BCUT2D eigenvalue weighted by Gasteiger charge is -2.13. The molecule has 2 rings (SSSR count). The average molecular weight is 820 g/mol. The second-order valence-corrected chi connectivity index (χ2v) is 12.1. The van der Waals surface area contributed by atoms with Crippen LogP contribution in [0.3, 0.4) is 0 Å². The molecule has 0 saturated carbocycles. The number of para-hydroxylation sites is 1. The number of carbonyl (C=O) groups is 2. The predicted molar refractivity (Wildman–Crippen MR) is 204 cm³/mol. The Morgan fingerprint density at radius 2 is 0.947 bits per heavy atom. The van der Waals surface area contributed by atoms with Gasteiger partial charge in [-0.1, -0.05) is 38.0 Å². The summed E-state index contributed by atoms with van der Waals surface area (Å²) in [6, 6.07) is 11.1. The number of hydrogen-bond donors (Lipinski definition) is 1. The van der Waals surface area contributed by atoms with Gasteiger partial charge in [-0.2, -0.15) is 13.2 Å². The lowest BCUT2D eigenvalue weighted by atomic mass is 10.1. The van der Waals surface area contributed by atoms with E-state index in [1.807, 2.05) is 0 Å². The quantitative estimate of drug-likeness (QED) is 0.0640. The van der Waals surface area contributed by atoms with Crippen molar-refractivity contribution in [3.8, 4) is 0 Å². The molecule has 2 aromatic rings. The number of halogens is 3. The van der Waals surface area contributed by atoms with E-state index in [9.17, 15) is 22.8 Å². The van der Waals surface area contributed by atoms with Crippen molar-refractivity contribution in [2.75, 3.05) is 137 Å². The van der Waals surface area contributed by atoms with Gasteiger partial charge in [0.25, 0.3) is 0 Å². The first-order valence-corrected chi connectivity index (χ1v) is 19.4. The summed E-state index contributed by atoms with van der Waals surface area (Å²) in [5, 5.41) is 2.86. The number of unbranched alkanes of at least 4 members (excludes halogenated alkanes) is 2. The summed E-state index contributed by atoms with van der Waals surface area (Å²) in [6.45, 7) is 9.61. The van der Waals surface area contributed by atoms with Crippen LogP contribution in [0.25, 0.3) is 0 Å². The van der Waals surface area contributed by atoms with Crippen LogP contribution < -0.4 is 5.32 Å².